The van der Waals surface area contributed by atoms with Crippen LogP contribution in [-0.4, -0.2) is 57.6 Å². The molecule has 0 saturated carbocycles. The Morgan fingerprint density at radius 3 is 1.97 bits per heavy atom. The number of benzene rings is 2. The van der Waals surface area contributed by atoms with Crippen LogP contribution >= 0.6 is 0 Å². The van der Waals surface area contributed by atoms with Crippen LogP contribution in [0.5, 0.6) is 0 Å². The monoisotopic (exact) mass is 417 g/mol. The van der Waals surface area contributed by atoms with Gasteiger partial charge in [-0.05, 0) is 11.1 Å². The number of aromatic nitrogens is 2. The van der Waals surface area contributed by atoms with E-state index in [9.17, 15) is 9.59 Å². The number of aryl methyl sites for hydroxylation is 1. The summed E-state index contributed by atoms with van der Waals surface area (Å²) in [6, 6.07) is 21.1. The third kappa shape index (κ3) is 4.67. The molecule has 4 rings (SSSR count). The molecule has 0 radical (unpaired) electrons. The van der Waals surface area contributed by atoms with Gasteiger partial charge in [-0.25, -0.2) is 0 Å². The number of hydrogen-bond donors (Lipinski definition) is 1. The number of amides is 2. The van der Waals surface area contributed by atoms with Crippen LogP contribution in [0.4, 0.5) is 5.69 Å². The van der Waals surface area contributed by atoms with Gasteiger partial charge in [-0.1, -0.05) is 60.7 Å². The van der Waals surface area contributed by atoms with Crippen molar-refractivity contribution in [3.05, 3.63) is 83.7 Å². The molecule has 1 saturated heterocycles. The molecule has 1 aliphatic rings. The second-order valence-corrected chi connectivity index (χ2v) is 7.80. The molecule has 1 aliphatic heterocycles. The van der Waals surface area contributed by atoms with Gasteiger partial charge in [0.25, 0.3) is 5.91 Å². The second kappa shape index (κ2) is 9.14. The van der Waals surface area contributed by atoms with E-state index in [1.165, 1.54) is 18.1 Å². The van der Waals surface area contributed by atoms with Crippen molar-refractivity contribution in [3.8, 4) is 0 Å². The molecule has 160 valence electrons. The van der Waals surface area contributed by atoms with E-state index in [0.717, 1.165) is 13.1 Å². The lowest BCUT2D eigenvalue weighted by Gasteiger charge is -2.39. The fourth-order valence-corrected chi connectivity index (χ4v) is 4.15. The summed E-state index contributed by atoms with van der Waals surface area (Å²) in [6.45, 7) is 4.13. The summed E-state index contributed by atoms with van der Waals surface area (Å²) in [5, 5.41) is 6.99. The Hall–Kier alpha value is -3.45. The maximum atomic E-state index is 13.1. The number of rotatable bonds is 5. The minimum absolute atomic E-state index is 0.143. The highest BCUT2D eigenvalue weighted by Crippen LogP contribution is 2.29. The predicted octanol–water partition coefficient (Wildman–Crippen LogP) is 2.93. The average molecular weight is 418 g/mol. The standard InChI is InChI=1S/C24H27N5O2/c1-18(30)25-21-17-27(2)26-22(21)24(31)29-15-13-28(14-16-29)23(19-9-5-3-6-10-19)20-11-7-4-8-12-20/h3-12,17,23H,13-16H2,1-2H3,(H,25,30). The van der Waals surface area contributed by atoms with E-state index in [1.807, 2.05) is 17.0 Å². The molecule has 31 heavy (non-hydrogen) atoms. The summed E-state index contributed by atoms with van der Waals surface area (Å²) in [6.07, 6.45) is 1.66. The zero-order chi connectivity index (χ0) is 21.8. The Labute approximate surface area is 182 Å². The summed E-state index contributed by atoms with van der Waals surface area (Å²) in [5.74, 6) is -0.375. The van der Waals surface area contributed by atoms with E-state index in [4.69, 9.17) is 0 Å². The van der Waals surface area contributed by atoms with Crippen molar-refractivity contribution in [2.75, 3.05) is 31.5 Å². The molecule has 7 heteroatoms. The molecule has 2 amide bonds. The number of nitrogens with one attached hydrogen (secondary N) is 1. The van der Waals surface area contributed by atoms with Gasteiger partial charge in [0.15, 0.2) is 5.69 Å². The lowest BCUT2D eigenvalue weighted by Crippen LogP contribution is -2.50. The molecular weight excluding hydrogens is 390 g/mol. The molecule has 0 bridgehead atoms. The summed E-state index contributed by atoms with van der Waals surface area (Å²) >= 11 is 0. The first-order valence-electron chi connectivity index (χ1n) is 10.5. The van der Waals surface area contributed by atoms with Gasteiger partial charge >= 0.3 is 0 Å². The van der Waals surface area contributed by atoms with Crippen molar-refractivity contribution in [1.29, 1.82) is 0 Å². The lowest BCUT2D eigenvalue weighted by atomic mass is 9.96. The van der Waals surface area contributed by atoms with Crippen LogP contribution in [0, 0.1) is 0 Å². The predicted molar refractivity (Wildman–Crippen MR) is 120 cm³/mol. The van der Waals surface area contributed by atoms with Crippen molar-refractivity contribution in [2.45, 2.75) is 13.0 Å². The van der Waals surface area contributed by atoms with Crippen LogP contribution in [0.15, 0.2) is 66.9 Å². The van der Waals surface area contributed by atoms with E-state index < -0.39 is 0 Å². The fourth-order valence-electron chi connectivity index (χ4n) is 4.15. The van der Waals surface area contributed by atoms with E-state index in [2.05, 4.69) is 63.8 Å². The normalized spacial score (nSPS) is 14.6. The van der Waals surface area contributed by atoms with Crippen molar-refractivity contribution in [3.63, 3.8) is 0 Å². The molecule has 0 spiro atoms. The molecule has 1 fully saturated rings. The van der Waals surface area contributed by atoms with Gasteiger partial charge in [0, 0.05) is 46.3 Å². The third-order valence-corrected chi connectivity index (χ3v) is 5.54. The lowest BCUT2D eigenvalue weighted by molar-refractivity contribution is -0.114. The molecule has 2 heterocycles. The van der Waals surface area contributed by atoms with Crippen LogP contribution in [0.3, 0.4) is 0 Å². The molecular formula is C24H27N5O2. The Morgan fingerprint density at radius 1 is 0.903 bits per heavy atom. The number of nitrogens with zero attached hydrogens (tertiary/aromatic N) is 4. The minimum atomic E-state index is -0.222. The first-order valence-corrected chi connectivity index (χ1v) is 10.5. The summed E-state index contributed by atoms with van der Waals surface area (Å²) in [5.41, 5.74) is 3.22. The van der Waals surface area contributed by atoms with Crippen molar-refractivity contribution in [2.24, 2.45) is 7.05 Å². The molecule has 7 nitrogen and oxygen atoms in total. The van der Waals surface area contributed by atoms with Gasteiger partial charge in [0.05, 0.1) is 11.7 Å². The highest BCUT2D eigenvalue weighted by molar-refractivity contribution is 6.01. The van der Waals surface area contributed by atoms with Gasteiger partial charge in [-0.2, -0.15) is 5.10 Å². The second-order valence-electron chi connectivity index (χ2n) is 7.80. The van der Waals surface area contributed by atoms with Gasteiger partial charge in [-0.3, -0.25) is 19.2 Å². The SMILES string of the molecule is CC(=O)Nc1cn(C)nc1C(=O)N1CCN(C(c2ccccc2)c2ccccc2)CC1. The summed E-state index contributed by atoms with van der Waals surface area (Å²) < 4.78 is 1.55. The van der Waals surface area contributed by atoms with Crippen LogP contribution in [-0.2, 0) is 11.8 Å². The molecule has 1 aromatic heterocycles. The average Bonchev–Trinajstić information content (AvgIpc) is 3.14. The number of carbonyl (C=O) groups is 2. The van der Waals surface area contributed by atoms with Gasteiger partial charge < -0.3 is 10.2 Å². The first-order chi connectivity index (χ1) is 15.0. The van der Waals surface area contributed by atoms with Crippen LogP contribution in [0.1, 0.15) is 34.6 Å². The quantitative estimate of drug-likeness (QED) is 0.693. The number of hydrogen-bond acceptors (Lipinski definition) is 4. The molecule has 0 unspecified atom stereocenters. The smallest absolute Gasteiger partial charge is 0.276 e. The zero-order valence-electron chi connectivity index (χ0n) is 17.9. The Kier molecular flexibility index (Phi) is 6.13. The maximum Gasteiger partial charge on any atom is 0.276 e. The number of carbonyl (C=O) groups excluding carboxylic acids is 2. The van der Waals surface area contributed by atoms with Crippen LogP contribution in [0.25, 0.3) is 0 Å². The fraction of sp³-hybridized carbons (Fsp3) is 0.292. The van der Waals surface area contributed by atoms with Crippen molar-refractivity contribution >= 4 is 17.5 Å². The van der Waals surface area contributed by atoms with Gasteiger partial charge in [0.1, 0.15) is 0 Å². The largest absolute Gasteiger partial charge is 0.335 e. The van der Waals surface area contributed by atoms with Crippen molar-refractivity contribution in [1.82, 2.24) is 19.6 Å². The Morgan fingerprint density at radius 2 is 1.45 bits per heavy atom. The zero-order valence-corrected chi connectivity index (χ0v) is 17.9. The van der Waals surface area contributed by atoms with Crippen molar-refractivity contribution < 1.29 is 9.59 Å². The molecule has 0 atom stereocenters. The minimum Gasteiger partial charge on any atom is -0.335 e. The Balaban J connectivity index is 1.51. The van der Waals surface area contributed by atoms with Gasteiger partial charge in [0.2, 0.25) is 5.91 Å². The molecule has 1 N–H and O–H groups in total. The molecule has 3 aromatic rings. The summed E-state index contributed by atoms with van der Waals surface area (Å²) in [7, 11) is 1.74. The van der Waals surface area contributed by atoms with E-state index >= 15 is 0 Å². The van der Waals surface area contributed by atoms with E-state index in [1.54, 1.807) is 17.9 Å². The first kappa shape index (κ1) is 20.8. The topological polar surface area (TPSA) is 70.5 Å². The maximum absolute atomic E-state index is 13.1. The highest BCUT2D eigenvalue weighted by Gasteiger charge is 2.30. The van der Waals surface area contributed by atoms with Crippen LogP contribution < -0.4 is 5.32 Å². The van der Waals surface area contributed by atoms with Gasteiger partial charge in [-0.15, -0.1) is 0 Å². The molecule has 0 aliphatic carbocycles. The Bertz CT molecular complexity index is 1000. The van der Waals surface area contributed by atoms with E-state index in [-0.39, 0.29) is 23.6 Å². The highest BCUT2D eigenvalue weighted by atomic mass is 16.2. The van der Waals surface area contributed by atoms with Crippen LogP contribution in [0.2, 0.25) is 0 Å². The molecule has 2 aromatic carbocycles. The third-order valence-electron chi connectivity index (χ3n) is 5.54. The van der Waals surface area contributed by atoms with E-state index in [0.29, 0.717) is 18.8 Å². The number of anilines is 1. The summed E-state index contributed by atoms with van der Waals surface area (Å²) in [4.78, 5) is 28.8. The number of piperazine rings is 1.